The molecule has 8 heteroatoms. The number of nitrogens with one attached hydrogen (secondary N) is 1. The van der Waals surface area contributed by atoms with Crippen molar-refractivity contribution in [2.45, 2.75) is 10.1 Å². The fourth-order valence-corrected chi connectivity index (χ4v) is 1.88. The summed E-state index contributed by atoms with van der Waals surface area (Å²) in [5.41, 5.74) is 0. The summed E-state index contributed by atoms with van der Waals surface area (Å²) in [6, 6.07) is 1.62. The van der Waals surface area contributed by atoms with Gasteiger partial charge in [-0.1, -0.05) is 23.2 Å². The van der Waals surface area contributed by atoms with E-state index < -0.39 is 0 Å². The summed E-state index contributed by atoms with van der Waals surface area (Å²) in [5, 5.41) is 14.8. The normalized spacial score (nSPS) is 10.4. The second-order valence-electron chi connectivity index (χ2n) is 2.21. The number of hydrogen-bond donors (Lipinski definition) is 1. The van der Waals surface area contributed by atoms with E-state index in [2.05, 4.69) is 25.4 Å². The van der Waals surface area contributed by atoms with Crippen molar-refractivity contribution >= 4 is 35.0 Å². The third-order valence-electron chi connectivity index (χ3n) is 1.29. The zero-order valence-corrected chi connectivity index (χ0v) is 8.94. The van der Waals surface area contributed by atoms with Crippen LogP contribution in [0.2, 0.25) is 10.3 Å². The molecular weight excluding hydrogens is 245 g/mol. The van der Waals surface area contributed by atoms with E-state index in [0.29, 0.717) is 10.1 Å². The summed E-state index contributed by atoms with van der Waals surface area (Å²) in [4.78, 5) is 4.61. The first kappa shape index (κ1) is 9.70. The first-order valence-electron chi connectivity index (χ1n) is 3.47. The lowest BCUT2D eigenvalue weighted by atomic mass is 10.6. The molecule has 0 aliphatic heterocycles. The lowest BCUT2D eigenvalue weighted by molar-refractivity contribution is 0.964. The Morgan fingerprint density at radius 3 is 2.86 bits per heavy atom. The van der Waals surface area contributed by atoms with Crippen molar-refractivity contribution in [1.82, 2.24) is 25.4 Å². The summed E-state index contributed by atoms with van der Waals surface area (Å²) < 4.78 is 0. The van der Waals surface area contributed by atoms with Crippen molar-refractivity contribution in [3.63, 3.8) is 0 Å². The first-order valence-corrected chi connectivity index (χ1v) is 5.05. The Balaban J connectivity index is 2.28. The van der Waals surface area contributed by atoms with Crippen LogP contribution in [0, 0.1) is 0 Å². The molecule has 0 bridgehead atoms. The highest BCUT2D eigenvalue weighted by Gasteiger charge is 2.07. The summed E-state index contributed by atoms with van der Waals surface area (Å²) in [6.07, 6.45) is 1.41. The Morgan fingerprint density at radius 2 is 2.14 bits per heavy atom. The monoisotopic (exact) mass is 247 g/mol. The van der Waals surface area contributed by atoms with Crippen LogP contribution in [0.4, 0.5) is 0 Å². The van der Waals surface area contributed by atoms with Crippen molar-refractivity contribution in [2.24, 2.45) is 0 Å². The number of nitrogens with zero attached hydrogens (tertiary/aromatic N) is 4. The molecule has 0 fully saturated rings. The standard InChI is InChI=1S/C6H3Cl2N5S/c7-4-1-3(5(8)12-11-4)14-6-9-2-10-13-6/h1-2H,(H,9,10,13). The maximum Gasteiger partial charge on any atom is 0.188 e. The van der Waals surface area contributed by atoms with E-state index in [4.69, 9.17) is 23.2 Å². The second-order valence-corrected chi connectivity index (χ2v) is 3.99. The van der Waals surface area contributed by atoms with Gasteiger partial charge < -0.3 is 0 Å². The van der Waals surface area contributed by atoms with E-state index in [9.17, 15) is 0 Å². The maximum absolute atomic E-state index is 5.80. The predicted octanol–water partition coefficient (Wildman–Crippen LogP) is 2.05. The molecule has 2 heterocycles. The number of H-pyrrole nitrogens is 1. The fraction of sp³-hybridized carbons (Fsp3) is 0. The van der Waals surface area contributed by atoms with Crippen LogP contribution >= 0.6 is 35.0 Å². The van der Waals surface area contributed by atoms with E-state index in [1.807, 2.05) is 0 Å². The van der Waals surface area contributed by atoms with Crippen molar-refractivity contribution < 1.29 is 0 Å². The Hall–Kier alpha value is -0.850. The minimum atomic E-state index is 0.288. The molecule has 2 aromatic heterocycles. The smallest absolute Gasteiger partial charge is 0.188 e. The van der Waals surface area contributed by atoms with Crippen molar-refractivity contribution in [1.29, 1.82) is 0 Å². The summed E-state index contributed by atoms with van der Waals surface area (Å²) in [7, 11) is 0. The molecule has 0 aliphatic carbocycles. The zero-order chi connectivity index (χ0) is 9.97. The van der Waals surface area contributed by atoms with Gasteiger partial charge in [-0.25, -0.2) is 4.98 Å². The molecule has 0 radical (unpaired) electrons. The third kappa shape index (κ3) is 2.14. The lowest BCUT2D eigenvalue weighted by Gasteiger charge is -1.98. The Kier molecular flexibility index (Phi) is 2.85. The van der Waals surface area contributed by atoms with Crippen molar-refractivity contribution in [3.05, 3.63) is 22.7 Å². The Bertz CT molecular complexity index is 432. The van der Waals surface area contributed by atoms with Gasteiger partial charge in [0.2, 0.25) is 0 Å². The van der Waals surface area contributed by atoms with Crippen LogP contribution in [0.1, 0.15) is 0 Å². The molecule has 5 nitrogen and oxygen atoms in total. The molecule has 0 aromatic carbocycles. The van der Waals surface area contributed by atoms with Crippen molar-refractivity contribution in [2.75, 3.05) is 0 Å². The average molecular weight is 248 g/mol. The summed E-state index contributed by atoms with van der Waals surface area (Å²) >= 11 is 12.8. The van der Waals surface area contributed by atoms with Gasteiger partial charge in [-0.05, 0) is 17.8 Å². The molecule has 0 unspecified atom stereocenters. The number of rotatable bonds is 2. The molecule has 0 spiro atoms. The van der Waals surface area contributed by atoms with Gasteiger partial charge in [0.05, 0.1) is 4.90 Å². The van der Waals surface area contributed by atoms with Crippen LogP contribution in [0.15, 0.2) is 22.4 Å². The highest BCUT2D eigenvalue weighted by molar-refractivity contribution is 7.99. The van der Waals surface area contributed by atoms with Gasteiger partial charge >= 0.3 is 0 Å². The molecule has 2 aromatic rings. The molecule has 0 saturated carbocycles. The van der Waals surface area contributed by atoms with E-state index in [-0.39, 0.29) is 10.3 Å². The Morgan fingerprint density at radius 1 is 1.29 bits per heavy atom. The van der Waals surface area contributed by atoms with E-state index >= 15 is 0 Å². The third-order valence-corrected chi connectivity index (χ3v) is 2.78. The SMILES string of the molecule is Clc1cc(Sc2ncn[nH]2)c(Cl)nn1. The quantitative estimate of drug-likeness (QED) is 0.880. The van der Waals surface area contributed by atoms with Crippen LogP contribution in [-0.2, 0) is 0 Å². The zero-order valence-electron chi connectivity index (χ0n) is 6.61. The Labute approximate surface area is 93.2 Å². The first-order chi connectivity index (χ1) is 6.75. The van der Waals surface area contributed by atoms with Gasteiger partial charge in [0.25, 0.3) is 0 Å². The van der Waals surface area contributed by atoms with Crippen LogP contribution in [0.25, 0.3) is 0 Å². The van der Waals surface area contributed by atoms with Gasteiger partial charge in [-0.2, -0.15) is 5.10 Å². The topological polar surface area (TPSA) is 67.3 Å². The summed E-state index contributed by atoms with van der Waals surface area (Å²) in [5.74, 6) is 0. The molecular formula is C6H3Cl2N5S. The van der Waals surface area contributed by atoms with Crippen LogP contribution < -0.4 is 0 Å². The van der Waals surface area contributed by atoms with Crippen LogP contribution in [0.3, 0.4) is 0 Å². The molecule has 1 N–H and O–H groups in total. The molecule has 0 saturated heterocycles. The minimum absolute atomic E-state index is 0.288. The minimum Gasteiger partial charge on any atom is -0.254 e. The highest BCUT2D eigenvalue weighted by atomic mass is 35.5. The van der Waals surface area contributed by atoms with Gasteiger partial charge in [-0.15, -0.1) is 10.2 Å². The van der Waals surface area contributed by atoms with Gasteiger partial charge in [0.15, 0.2) is 15.5 Å². The van der Waals surface area contributed by atoms with Gasteiger partial charge in [0, 0.05) is 0 Å². The van der Waals surface area contributed by atoms with Crippen LogP contribution in [0.5, 0.6) is 0 Å². The molecule has 14 heavy (non-hydrogen) atoms. The molecule has 0 atom stereocenters. The number of halogens is 2. The number of aromatic nitrogens is 5. The number of aromatic amines is 1. The fourth-order valence-electron chi connectivity index (χ4n) is 0.757. The average Bonchev–Trinajstić information content (AvgIpc) is 2.64. The molecule has 2 rings (SSSR count). The highest BCUT2D eigenvalue weighted by Crippen LogP contribution is 2.30. The lowest BCUT2D eigenvalue weighted by Crippen LogP contribution is -1.86. The number of hydrogen-bond acceptors (Lipinski definition) is 5. The molecule has 0 amide bonds. The van der Waals surface area contributed by atoms with Gasteiger partial charge in [-0.3, -0.25) is 5.10 Å². The second kappa shape index (κ2) is 4.12. The summed E-state index contributed by atoms with van der Waals surface area (Å²) in [6.45, 7) is 0. The van der Waals surface area contributed by atoms with Crippen LogP contribution in [-0.4, -0.2) is 25.4 Å². The van der Waals surface area contributed by atoms with E-state index in [0.717, 1.165) is 0 Å². The van der Waals surface area contributed by atoms with E-state index in [1.54, 1.807) is 6.07 Å². The maximum atomic E-state index is 5.80. The predicted molar refractivity (Wildman–Crippen MR) is 52.6 cm³/mol. The largest absolute Gasteiger partial charge is 0.254 e. The van der Waals surface area contributed by atoms with Crippen molar-refractivity contribution in [3.8, 4) is 0 Å². The van der Waals surface area contributed by atoms with E-state index in [1.165, 1.54) is 18.1 Å². The van der Waals surface area contributed by atoms with Gasteiger partial charge in [0.1, 0.15) is 6.33 Å². The molecule has 0 aliphatic rings. The molecule has 72 valence electrons.